The van der Waals surface area contributed by atoms with Crippen LogP contribution in [-0.2, 0) is 4.74 Å². The van der Waals surface area contributed by atoms with Crippen LogP contribution in [0.25, 0.3) is 0 Å². The van der Waals surface area contributed by atoms with Crippen LogP contribution in [0.5, 0.6) is 0 Å². The van der Waals surface area contributed by atoms with Crippen molar-refractivity contribution in [3.63, 3.8) is 0 Å². The lowest BCUT2D eigenvalue weighted by Crippen LogP contribution is -2.40. The Balaban J connectivity index is 1.40. The van der Waals surface area contributed by atoms with Crippen LogP contribution in [-0.4, -0.2) is 66.6 Å². The van der Waals surface area contributed by atoms with Crippen LogP contribution in [0.15, 0.2) is 48.7 Å². The van der Waals surface area contributed by atoms with Gasteiger partial charge in [0.15, 0.2) is 0 Å². The molecule has 2 fully saturated rings. The van der Waals surface area contributed by atoms with E-state index in [9.17, 15) is 4.79 Å². The number of nitrogens with zero attached hydrogens (tertiary/aromatic N) is 3. The molecule has 1 aromatic carbocycles. The van der Waals surface area contributed by atoms with Crippen LogP contribution < -0.4 is 5.32 Å². The van der Waals surface area contributed by atoms with Gasteiger partial charge in [-0.15, -0.1) is 0 Å². The number of carbonyl (C=O) groups excluding carboxylic acids is 1. The number of likely N-dealkylation sites (tertiary alicyclic amines) is 1. The molecule has 2 aromatic rings. The fourth-order valence-electron chi connectivity index (χ4n) is 4.14. The largest absolute Gasteiger partial charge is 0.378 e. The minimum atomic E-state index is 0.0304. The van der Waals surface area contributed by atoms with Crippen LogP contribution in [0.1, 0.15) is 41.2 Å². The van der Waals surface area contributed by atoms with E-state index in [1.807, 2.05) is 17.0 Å². The number of hydrogen-bond donors (Lipinski definition) is 1. The van der Waals surface area contributed by atoms with Gasteiger partial charge in [0.1, 0.15) is 5.82 Å². The summed E-state index contributed by atoms with van der Waals surface area (Å²) in [6.45, 7) is 5.59. The highest BCUT2D eigenvalue weighted by molar-refractivity contribution is 5.94. The van der Waals surface area contributed by atoms with Crippen LogP contribution >= 0.6 is 0 Å². The smallest absolute Gasteiger partial charge is 0.255 e. The Hall–Kier alpha value is -2.44. The number of aromatic nitrogens is 1. The molecule has 1 aromatic heterocycles. The molecule has 3 heterocycles. The predicted octanol–water partition coefficient (Wildman–Crippen LogP) is 3.19. The van der Waals surface area contributed by atoms with Gasteiger partial charge < -0.3 is 15.0 Å². The van der Waals surface area contributed by atoms with Gasteiger partial charge in [-0.05, 0) is 43.6 Å². The maximum atomic E-state index is 12.6. The third kappa shape index (κ3) is 5.14. The summed E-state index contributed by atoms with van der Waals surface area (Å²) in [5.41, 5.74) is 1.97. The molecule has 1 amide bonds. The average Bonchev–Trinajstić information content (AvgIpc) is 2.81. The first kappa shape index (κ1) is 19.9. The quantitative estimate of drug-likeness (QED) is 0.815. The molecule has 0 saturated carbocycles. The molecule has 154 valence electrons. The lowest BCUT2D eigenvalue weighted by molar-refractivity contribution is 0.0302. The maximum Gasteiger partial charge on any atom is 0.255 e. The van der Waals surface area contributed by atoms with Gasteiger partial charge in [0, 0.05) is 25.8 Å². The second-order valence-electron chi connectivity index (χ2n) is 7.74. The number of piperidine rings is 1. The van der Waals surface area contributed by atoms with Gasteiger partial charge in [-0.25, -0.2) is 4.98 Å². The number of benzene rings is 1. The number of morpholine rings is 1. The van der Waals surface area contributed by atoms with E-state index in [0.29, 0.717) is 37.9 Å². The van der Waals surface area contributed by atoms with Crippen molar-refractivity contribution in [3.05, 3.63) is 59.8 Å². The standard InChI is InChI=1S/C23H30N4O2/c28-23(27-13-15-29-16-14-27)20-9-10-22(24-17-20)25-18-21(19-7-3-1-4-8-19)26-11-5-2-6-12-26/h1,3-4,7-10,17,21H,2,5-6,11-16,18H2,(H,24,25). The van der Waals surface area contributed by atoms with E-state index >= 15 is 0 Å². The van der Waals surface area contributed by atoms with E-state index in [1.165, 1.54) is 24.8 Å². The van der Waals surface area contributed by atoms with Gasteiger partial charge in [0.05, 0.1) is 24.8 Å². The highest BCUT2D eigenvalue weighted by Crippen LogP contribution is 2.25. The van der Waals surface area contributed by atoms with E-state index in [2.05, 4.69) is 45.5 Å². The number of carbonyl (C=O) groups is 1. The minimum Gasteiger partial charge on any atom is -0.378 e. The second kappa shape index (κ2) is 9.85. The molecule has 2 aliphatic heterocycles. The second-order valence-corrected chi connectivity index (χ2v) is 7.74. The number of amides is 1. The number of pyridine rings is 1. The SMILES string of the molecule is O=C(c1ccc(NCC(c2ccccc2)N2CCCCC2)nc1)N1CCOCC1. The van der Waals surface area contributed by atoms with Gasteiger partial charge in [-0.3, -0.25) is 9.69 Å². The first-order valence-corrected chi connectivity index (χ1v) is 10.7. The van der Waals surface area contributed by atoms with Crippen LogP contribution in [0, 0.1) is 0 Å². The Bertz CT molecular complexity index is 769. The summed E-state index contributed by atoms with van der Waals surface area (Å²) in [4.78, 5) is 21.5. The lowest BCUT2D eigenvalue weighted by atomic mass is 10.0. The summed E-state index contributed by atoms with van der Waals surface area (Å²) in [7, 11) is 0. The van der Waals surface area contributed by atoms with E-state index in [4.69, 9.17) is 4.74 Å². The van der Waals surface area contributed by atoms with Gasteiger partial charge >= 0.3 is 0 Å². The van der Waals surface area contributed by atoms with Crippen LogP contribution in [0.3, 0.4) is 0 Å². The molecule has 6 nitrogen and oxygen atoms in total. The molecule has 1 N–H and O–H groups in total. The fraction of sp³-hybridized carbons (Fsp3) is 0.478. The topological polar surface area (TPSA) is 57.7 Å². The van der Waals surface area contributed by atoms with E-state index in [1.54, 1.807) is 6.20 Å². The Labute approximate surface area is 172 Å². The Morgan fingerprint density at radius 1 is 1.00 bits per heavy atom. The van der Waals surface area contributed by atoms with Crippen LogP contribution in [0.2, 0.25) is 0 Å². The normalized spacial score (nSPS) is 19.0. The summed E-state index contributed by atoms with van der Waals surface area (Å²) >= 11 is 0. The zero-order valence-corrected chi connectivity index (χ0v) is 16.9. The summed E-state index contributed by atoms with van der Waals surface area (Å²) < 4.78 is 5.32. The minimum absolute atomic E-state index is 0.0304. The molecule has 1 atom stereocenters. The summed E-state index contributed by atoms with van der Waals surface area (Å²) in [5.74, 6) is 0.837. The molecule has 4 rings (SSSR count). The number of ether oxygens (including phenoxy) is 1. The highest BCUT2D eigenvalue weighted by atomic mass is 16.5. The molecule has 1 unspecified atom stereocenters. The maximum absolute atomic E-state index is 12.6. The van der Waals surface area contributed by atoms with E-state index in [-0.39, 0.29) is 5.91 Å². The zero-order valence-electron chi connectivity index (χ0n) is 16.9. The van der Waals surface area contributed by atoms with Crippen molar-refractivity contribution in [1.29, 1.82) is 0 Å². The molecule has 29 heavy (non-hydrogen) atoms. The molecular weight excluding hydrogens is 364 g/mol. The summed E-state index contributed by atoms with van der Waals surface area (Å²) in [5, 5.41) is 3.49. The predicted molar refractivity (Wildman–Crippen MR) is 114 cm³/mol. The molecule has 0 radical (unpaired) electrons. The monoisotopic (exact) mass is 394 g/mol. The first-order chi connectivity index (χ1) is 14.3. The fourth-order valence-corrected chi connectivity index (χ4v) is 4.14. The number of anilines is 1. The van der Waals surface area contributed by atoms with Crippen molar-refractivity contribution in [2.45, 2.75) is 25.3 Å². The zero-order chi connectivity index (χ0) is 19.9. The summed E-state index contributed by atoms with van der Waals surface area (Å²) in [6.07, 6.45) is 5.53. The van der Waals surface area contributed by atoms with Gasteiger partial charge in [-0.2, -0.15) is 0 Å². The first-order valence-electron chi connectivity index (χ1n) is 10.7. The molecule has 0 bridgehead atoms. The number of rotatable bonds is 6. The van der Waals surface area contributed by atoms with Gasteiger partial charge in [0.2, 0.25) is 0 Å². The summed E-state index contributed by atoms with van der Waals surface area (Å²) in [6, 6.07) is 14.8. The van der Waals surface area contributed by atoms with Gasteiger partial charge in [0.25, 0.3) is 5.91 Å². The van der Waals surface area contributed by atoms with Crippen molar-refractivity contribution in [1.82, 2.24) is 14.8 Å². The Morgan fingerprint density at radius 3 is 2.45 bits per heavy atom. The van der Waals surface area contributed by atoms with Crippen molar-refractivity contribution < 1.29 is 9.53 Å². The highest BCUT2D eigenvalue weighted by Gasteiger charge is 2.22. The number of hydrogen-bond acceptors (Lipinski definition) is 5. The van der Waals surface area contributed by atoms with E-state index in [0.717, 1.165) is 25.5 Å². The van der Waals surface area contributed by atoms with Crippen molar-refractivity contribution in [2.24, 2.45) is 0 Å². The third-order valence-electron chi connectivity index (χ3n) is 5.80. The Kier molecular flexibility index (Phi) is 6.75. The molecule has 6 heteroatoms. The molecule has 2 aliphatic rings. The molecule has 0 spiro atoms. The van der Waals surface area contributed by atoms with E-state index < -0.39 is 0 Å². The molecule has 2 saturated heterocycles. The number of nitrogens with one attached hydrogen (secondary N) is 1. The van der Waals surface area contributed by atoms with Crippen molar-refractivity contribution in [2.75, 3.05) is 51.3 Å². The molecule has 0 aliphatic carbocycles. The van der Waals surface area contributed by atoms with Crippen molar-refractivity contribution >= 4 is 11.7 Å². The van der Waals surface area contributed by atoms with Crippen LogP contribution in [0.4, 0.5) is 5.82 Å². The Morgan fingerprint density at radius 2 is 1.76 bits per heavy atom. The third-order valence-corrected chi connectivity index (χ3v) is 5.80. The molecular formula is C23H30N4O2. The average molecular weight is 395 g/mol. The van der Waals surface area contributed by atoms with Crippen molar-refractivity contribution in [3.8, 4) is 0 Å². The van der Waals surface area contributed by atoms with Gasteiger partial charge in [-0.1, -0.05) is 36.8 Å². The lowest BCUT2D eigenvalue weighted by Gasteiger charge is -2.35.